The first-order chi connectivity index (χ1) is 6.83. The molecule has 0 aliphatic carbocycles. The molecule has 0 saturated carbocycles. The molecule has 2 N–H and O–H groups in total. The molecule has 0 bridgehead atoms. The molecule has 1 aliphatic rings. The minimum Gasteiger partial charge on any atom is -0.391 e. The Kier molecular flexibility index (Phi) is 6.60. The molecule has 2 atom stereocenters. The van der Waals surface area contributed by atoms with Crippen LogP contribution in [-0.2, 0) is 4.74 Å². The molecule has 84 valence electrons. The fourth-order valence-electron chi connectivity index (χ4n) is 1.48. The number of likely N-dealkylation sites (N-methyl/N-ethyl adjacent to an activating group) is 1. The number of hydrogen-bond acceptors (Lipinski definition) is 4. The summed E-state index contributed by atoms with van der Waals surface area (Å²) in [5.74, 6) is 1.84. The second-order valence-electron chi connectivity index (χ2n) is 3.63. The van der Waals surface area contributed by atoms with E-state index in [-0.39, 0.29) is 6.10 Å². The highest BCUT2D eigenvalue weighted by molar-refractivity contribution is 7.99. The number of aliphatic hydroxyl groups is 1. The van der Waals surface area contributed by atoms with Crippen LogP contribution in [0.15, 0.2) is 0 Å². The predicted molar refractivity (Wildman–Crippen MR) is 60.8 cm³/mol. The van der Waals surface area contributed by atoms with Gasteiger partial charge in [0, 0.05) is 24.7 Å². The molecule has 1 fully saturated rings. The van der Waals surface area contributed by atoms with E-state index in [0.717, 1.165) is 24.7 Å². The first kappa shape index (κ1) is 12.3. The van der Waals surface area contributed by atoms with Gasteiger partial charge in [0.25, 0.3) is 0 Å². The van der Waals surface area contributed by atoms with Gasteiger partial charge >= 0.3 is 0 Å². The van der Waals surface area contributed by atoms with Crippen molar-refractivity contribution in [2.24, 2.45) is 0 Å². The van der Waals surface area contributed by atoms with Gasteiger partial charge < -0.3 is 15.2 Å². The van der Waals surface area contributed by atoms with E-state index in [0.29, 0.717) is 12.6 Å². The van der Waals surface area contributed by atoms with Crippen LogP contribution in [0.25, 0.3) is 0 Å². The van der Waals surface area contributed by atoms with Gasteiger partial charge in [-0.05, 0) is 19.4 Å². The van der Waals surface area contributed by atoms with E-state index in [4.69, 9.17) is 4.74 Å². The van der Waals surface area contributed by atoms with Gasteiger partial charge in [-0.3, -0.25) is 0 Å². The molecule has 1 rings (SSSR count). The highest BCUT2D eigenvalue weighted by Crippen LogP contribution is 2.17. The third-order valence-corrected chi connectivity index (χ3v) is 3.50. The lowest BCUT2D eigenvalue weighted by Gasteiger charge is -2.12. The molecule has 0 radical (unpaired) electrons. The molecule has 1 saturated heterocycles. The first-order valence-corrected chi connectivity index (χ1v) is 6.56. The topological polar surface area (TPSA) is 41.5 Å². The number of nitrogens with one attached hydrogen (secondary N) is 1. The maximum atomic E-state index is 9.53. The minimum absolute atomic E-state index is 0.221. The van der Waals surface area contributed by atoms with Crippen LogP contribution >= 0.6 is 11.8 Å². The summed E-state index contributed by atoms with van der Waals surface area (Å²) >= 11 is 1.79. The summed E-state index contributed by atoms with van der Waals surface area (Å²) in [7, 11) is 0. The highest BCUT2D eigenvalue weighted by atomic mass is 32.2. The van der Waals surface area contributed by atoms with Crippen molar-refractivity contribution in [1.29, 1.82) is 0 Å². The molecule has 0 aromatic rings. The van der Waals surface area contributed by atoms with E-state index in [2.05, 4.69) is 5.32 Å². The van der Waals surface area contributed by atoms with Gasteiger partial charge in [-0.15, -0.1) is 0 Å². The van der Waals surface area contributed by atoms with Crippen molar-refractivity contribution in [3.05, 3.63) is 0 Å². The number of aliphatic hydroxyl groups excluding tert-OH is 1. The van der Waals surface area contributed by atoms with Crippen molar-refractivity contribution in [3.8, 4) is 0 Å². The van der Waals surface area contributed by atoms with Gasteiger partial charge in [0.2, 0.25) is 0 Å². The van der Waals surface area contributed by atoms with Gasteiger partial charge in [0.15, 0.2) is 0 Å². The van der Waals surface area contributed by atoms with Gasteiger partial charge in [-0.25, -0.2) is 0 Å². The molecule has 4 heteroatoms. The summed E-state index contributed by atoms with van der Waals surface area (Å²) in [5.41, 5.74) is 0. The Balaban J connectivity index is 1.91. The highest BCUT2D eigenvalue weighted by Gasteiger charge is 2.15. The average Bonchev–Trinajstić information content (AvgIpc) is 2.67. The largest absolute Gasteiger partial charge is 0.391 e. The van der Waals surface area contributed by atoms with Crippen molar-refractivity contribution in [2.45, 2.75) is 32.0 Å². The summed E-state index contributed by atoms with van der Waals surface area (Å²) in [5, 5.41) is 12.7. The Hall–Kier alpha value is 0.230. The zero-order chi connectivity index (χ0) is 10.2. The van der Waals surface area contributed by atoms with Crippen molar-refractivity contribution < 1.29 is 9.84 Å². The third kappa shape index (κ3) is 5.20. The van der Waals surface area contributed by atoms with Crippen LogP contribution in [0.5, 0.6) is 0 Å². The van der Waals surface area contributed by atoms with E-state index in [1.165, 1.54) is 12.8 Å². The zero-order valence-corrected chi connectivity index (χ0v) is 9.68. The fraction of sp³-hybridized carbons (Fsp3) is 1.00. The van der Waals surface area contributed by atoms with Gasteiger partial charge in [0.05, 0.1) is 12.2 Å². The van der Waals surface area contributed by atoms with Crippen molar-refractivity contribution in [2.75, 3.05) is 31.2 Å². The van der Waals surface area contributed by atoms with Crippen LogP contribution in [0, 0.1) is 0 Å². The monoisotopic (exact) mass is 219 g/mol. The van der Waals surface area contributed by atoms with Crippen LogP contribution in [0.3, 0.4) is 0 Å². The Labute approximate surface area is 90.6 Å². The number of hydrogen-bond donors (Lipinski definition) is 2. The van der Waals surface area contributed by atoms with Crippen molar-refractivity contribution in [1.82, 2.24) is 5.32 Å². The molecule has 14 heavy (non-hydrogen) atoms. The Morgan fingerprint density at radius 3 is 3.14 bits per heavy atom. The summed E-state index contributed by atoms with van der Waals surface area (Å²) in [6, 6.07) is 0. The molecule has 3 nitrogen and oxygen atoms in total. The van der Waals surface area contributed by atoms with Crippen LogP contribution in [0.4, 0.5) is 0 Å². The van der Waals surface area contributed by atoms with Gasteiger partial charge in [-0.1, -0.05) is 6.92 Å². The Bertz CT molecular complexity index is 140. The Morgan fingerprint density at radius 2 is 2.50 bits per heavy atom. The first-order valence-electron chi connectivity index (χ1n) is 5.41. The molecule has 0 amide bonds. The maximum absolute atomic E-state index is 9.53. The minimum atomic E-state index is -0.221. The summed E-state index contributed by atoms with van der Waals surface area (Å²) < 4.78 is 5.50. The average molecular weight is 219 g/mol. The van der Waals surface area contributed by atoms with E-state index in [9.17, 15) is 5.11 Å². The maximum Gasteiger partial charge on any atom is 0.0754 e. The van der Waals surface area contributed by atoms with E-state index in [1.807, 2.05) is 6.92 Å². The molecular weight excluding hydrogens is 198 g/mol. The number of ether oxygens (including phenoxy) is 1. The lowest BCUT2D eigenvalue weighted by Crippen LogP contribution is -2.28. The predicted octanol–water partition coefficient (Wildman–Crippen LogP) is 0.869. The van der Waals surface area contributed by atoms with Crippen LogP contribution in [0.2, 0.25) is 0 Å². The molecule has 0 aromatic carbocycles. The zero-order valence-electron chi connectivity index (χ0n) is 8.87. The summed E-state index contributed by atoms with van der Waals surface area (Å²) in [6.45, 7) is 4.60. The number of rotatable bonds is 7. The van der Waals surface area contributed by atoms with Gasteiger partial charge in [-0.2, -0.15) is 11.8 Å². The second kappa shape index (κ2) is 7.51. The molecule has 0 spiro atoms. The molecular formula is C10H21NO2S. The molecule has 2 unspecified atom stereocenters. The van der Waals surface area contributed by atoms with Crippen LogP contribution in [-0.4, -0.2) is 48.5 Å². The summed E-state index contributed by atoms with van der Waals surface area (Å²) in [4.78, 5) is 0. The standard InChI is InChI=1S/C10H21NO2S/c1-2-11-6-9(12)7-14-8-10-4-3-5-13-10/h9-12H,2-8H2,1H3. The third-order valence-electron chi connectivity index (χ3n) is 2.27. The second-order valence-corrected chi connectivity index (χ2v) is 4.71. The Morgan fingerprint density at radius 1 is 1.64 bits per heavy atom. The quantitative estimate of drug-likeness (QED) is 0.667. The van der Waals surface area contributed by atoms with E-state index in [1.54, 1.807) is 11.8 Å². The van der Waals surface area contributed by atoms with Crippen LogP contribution < -0.4 is 5.32 Å². The van der Waals surface area contributed by atoms with Gasteiger partial charge in [0.1, 0.15) is 0 Å². The van der Waals surface area contributed by atoms with E-state index >= 15 is 0 Å². The molecule has 1 heterocycles. The smallest absolute Gasteiger partial charge is 0.0754 e. The van der Waals surface area contributed by atoms with Crippen LogP contribution in [0.1, 0.15) is 19.8 Å². The van der Waals surface area contributed by atoms with E-state index < -0.39 is 0 Å². The molecule has 1 aliphatic heterocycles. The number of thioether (sulfide) groups is 1. The fourth-order valence-corrected chi connectivity index (χ4v) is 2.53. The normalized spacial score (nSPS) is 24.0. The SMILES string of the molecule is CCNCC(O)CSCC1CCCO1. The van der Waals surface area contributed by atoms with Crippen molar-refractivity contribution in [3.63, 3.8) is 0 Å². The molecule has 0 aromatic heterocycles. The summed E-state index contributed by atoms with van der Waals surface area (Å²) in [6.07, 6.45) is 2.61. The lowest BCUT2D eigenvalue weighted by molar-refractivity contribution is 0.128. The van der Waals surface area contributed by atoms with Crippen molar-refractivity contribution >= 4 is 11.8 Å². The lowest BCUT2D eigenvalue weighted by atomic mass is 10.3.